The highest BCUT2D eigenvalue weighted by molar-refractivity contribution is 7.10. The Labute approximate surface area is 141 Å². The summed E-state index contributed by atoms with van der Waals surface area (Å²) in [5, 5.41) is 5.48. The molecular formula is C18H19ClN2S. The summed E-state index contributed by atoms with van der Waals surface area (Å²) in [5.74, 6) is 0. The van der Waals surface area contributed by atoms with Crippen LogP contribution in [-0.2, 0) is 6.54 Å². The number of nitrogens with one attached hydrogen (secondary N) is 1. The van der Waals surface area contributed by atoms with E-state index in [0.717, 1.165) is 17.8 Å². The lowest BCUT2D eigenvalue weighted by atomic mass is 10.1. The van der Waals surface area contributed by atoms with Crippen LogP contribution in [0, 0.1) is 0 Å². The maximum Gasteiger partial charge on any atom is 0.0646 e. The average Bonchev–Trinajstić information content (AvgIpc) is 3.08. The second kappa shape index (κ2) is 7.99. The first kappa shape index (κ1) is 16.6. The molecule has 0 saturated heterocycles. The molecule has 2 aromatic carbocycles. The zero-order valence-corrected chi connectivity index (χ0v) is 13.7. The van der Waals surface area contributed by atoms with Crippen molar-refractivity contribution in [3.63, 3.8) is 0 Å². The lowest BCUT2D eigenvalue weighted by Gasteiger charge is -2.12. The molecule has 0 aliphatic rings. The molecule has 1 aromatic heterocycles. The van der Waals surface area contributed by atoms with Crippen molar-refractivity contribution in [3.05, 3.63) is 88.1 Å². The third kappa shape index (κ3) is 4.10. The van der Waals surface area contributed by atoms with E-state index in [1.807, 2.05) is 12.1 Å². The van der Waals surface area contributed by atoms with Crippen molar-refractivity contribution < 1.29 is 0 Å². The summed E-state index contributed by atoms with van der Waals surface area (Å²) in [4.78, 5) is 1.19. The molecule has 0 amide bonds. The Morgan fingerprint density at radius 3 is 2.27 bits per heavy atom. The Kier molecular flexibility index (Phi) is 6.01. The van der Waals surface area contributed by atoms with Gasteiger partial charge in [-0.3, -0.25) is 0 Å². The second-order valence-electron chi connectivity index (χ2n) is 4.95. The van der Waals surface area contributed by atoms with Crippen LogP contribution in [0.25, 0.3) is 0 Å². The fraction of sp³-hybridized carbons (Fsp3) is 0.111. The standard InChI is InChI=1S/C18H18N2S.ClH/c19-18(17-7-4-12-21-17)15-8-10-16(11-9-15)20-13-14-5-2-1-3-6-14;/h1-12,18,20H,13,19H2;1H/t18-;/m0./s1. The molecule has 2 nitrogen and oxygen atoms in total. The van der Waals surface area contributed by atoms with Crippen LogP contribution in [0.5, 0.6) is 0 Å². The van der Waals surface area contributed by atoms with E-state index in [-0.39, 0.29) is 18.4 Å². The van der Waals surface area contributed by atoms with Gasteiger partial charge in [0.05, 0.1) is 6.04 Å². The van der Waals surface area contributed by atoms with Gasteiger partial charge in [0, 0.05) is 17.1 Å². The minimum atomic E-state index is -0.0341. The van der Waals surface area contributed by atoms with Gasteiger partial charge in [-0.15, -0.1) is 23.7 Å². The highest BCUT2D eigenvalue weighted by Gasteiger charge is 2.09. The summed E-state index contributed by atoms with van der Waals surface area (Å²) < 4.78 is 0. The molecule has 0 bridgehead atoms. The van der Waals surface area contributed by atoms with Gasteiger partial charge < -0.3 is 11.1 Å². The van der Waals surface area contributed by atoms with Crippen LogP contribution < -0.4 is 11.1 Å². The predicted molar refractivity (Wildman–Crippen MR) is 97.8 cm³/mol. The molecular weight excluding hydrogens is 312 g/mol. The highest BCUT2D eigenvalue weighted by atomic mass is 35.5. The summed E-state index contributed by atoms with van der Waals surface area (Å²) in [6.45, 7) is 0.831. The molecule has 3 rings (SSSR count). The summed E-state index contributed by atoms with van der Waals surface area (Å²) in [6.07, 6.45) is 0. The van der Waals surface area contributed by atoms with E-state index in [4.69, 9.17) is 5.73 Å². The maximum atomic E-state index is 6.27. The summed E-state index contributed by atoms with van der Waals surface area (Å²) in [5.41, 5.74) is 9.79. The lowest BCUT2D eigenvalue weighted by Crippen LogP contribution is -2.10. The van der Waals surface area contributed by atoms with Crippen LogP contribution >= 0.6 is 23.7 Å². The first-order valence-electron chi connectivity index (χ1n) is 7.00. The lowest BCUT2D eigenvalue weighted by molar-refractivity contribution is 0.893. The number of anilines is 1. The monoisotopic (exact) mass is 330 g/mol. The number of thiophene rings is 1. The Hall–Kier alpha value is -1.81. The molecule has 1 heterocycles. The number of benzene rings is 2. The van der Waals surface area contributed by atoms with E-state index >= 15 is 0 Å². The fourth-order valence-electron chi connectivity index (χ4n) is 2.24. The predicted octanol–water partition coefficient (Wildman–Crippen LogP) is 4.83. The molecule has 0 radical (unpaired) electrons. The van der Waals surface area contributed by atoms with Crippen molar-refractivity contribution in [2.75, 3.05) is 5.32 Å². The van der Waals surface area contributed by atoms with Crippen LogP contribution in [0.4, 0.5) is 5.69 Å². The maximum absolute atomic E-state index is 6.27. The van der Waals surface area contributed by atoms with Crippen LogP contribution in [0.1, 0.15) is 22.0 Å². The number of hydrogen-bond acceptors (Lipinski definition) is 3. The van der Waals surface area contributed by atoms with Gasteiger partial charge in [-0.2, -0.15) is 0 Å². The average molecular weight is 331 g/mol. The largest absolute Gasteiger partial charge is 0.381 e. The van der Waals surface area contributed by atoms with E-state index in [0.29, 0.717) is 0 Å². The van der Waals surface area contributed by atoms with Crippen LogP contribution in [-0.4, -0.2) is 0 Å². The zero-order chi connectivity index (χ0) is 14.5. The molecule has 1 atom stereocenters. The summed E-state index contributed by atoms with van der Waals surface area (Å²) in [7, 11) is 0. The van der Waals surface area contributed by atoms with Gasteiger partial charge in [-0.05, 0) is 34.7 Å². The Morgan fingerprint density at radius 1 is 0.909 bits per heavy atom. The number of rotatable bonds is 5. The van der Waals surface area contributed by atoms with E-state index in [1.165, 1.54) is 10.4 Å². The van der Waals surface area contributed by atoms with Crippen molar-refractivity contribution in [1.82, 2.24) is 0 Å². The smallest absolute Gasteiger partial charge is 0.0646 e. The van der Waals surface area contributed by atoms with Crippen LogP contribution in [0.15, 0.2) is 72.1 Å². The summed E-state index contributed by atoms with van der Waals surface area (Å²) in [6, 6.07) is 22.8. The molecule has 3 aromatic rings. The van der Waals surface area contributed by atoms with Gasteiger partial charge >= 0.3 is 0 Å². The van der Waals surface area contributed by atoms with Gasteiger partial charge in [0.25, 0.3) is 0 Å². The normalized spacial score (nSPS) is 11.5. The van der Waals surface area contributed by atoms with Crippen molar-refractivity contribution in [2.45, 2.75) is 12.6 Å². The molecule has 114 valence electrons. The minimum absolute atomic E-state index is 0. The third-order valence-corrected chi connectivity index (χ3v) is 4.41. The molecule has 3 N–H and O–H groups in total. The summed E-state index contributed by atoms with van der Waals surface area (Å²) >= 11 is 1.70. The minimum Gasteiger partial charge on any atom is -0.381 e. The van der Waals surface area contributed by atoms with Crippen LogP contribution in [0.2, 0.25) is 0 Å². The van der Waals surface area contributed by atoms with Gasteiger partial charge in [0.15, 0.2) is 0 Å². The number of nitrogens with two attached hydrogens (primary N) is 1. The topological polar surface area (TPSA) is 38.0 Å². The first-order valence-corrected chi connectivity index (χ1v) is 7.87. The molecule has 0 fully saturated rings. The second-order valence-corrected chi connectivity index (χ2v) is 5.93. The van der Waals surface area contributed by atoms with Crippen LogP contribution in [0.3, 0.4) is 0 Å². The quantitative estimate of drug-likeness (QED) is 0.703. The first-order chi connectivity index (χ1) is 10.3. The SMILES string of the molecule is Cl.N[C@@H](c1ccc(NCc2ccccc2)cc1)c1cccs1. The van der Waals surface area contributed by atoms with Crippen molar-refractivity contribution in [3.8, 4) is 0 Å². The Balaban J connectivity index is 0.00000176. The van der Waals surface area contributed by atoms with Gasteiger partial charge in [-0.25, -0.2) is 0 Å². The molecule has 0 unspecified atom stereocenters. The van der Waals surface area contributed by atoms with Gasteiger partial charge in [0.2, 0.25) is 0 Å². The molecule has 0 saturated carbocycles. The Morgan fingerprint density at radius 2 is 1.64 bits per heavy atom. The van der Waals surface area contributed by atoms with E-state index < -0.39 is 0 Å². The fourth-order valence-corrected chi connectivity index (χ4v) is 2.99. The molecule has 0 aliphatic carbocycles. The molecule has 22 heavy (non-hydrogen) atoms. The van der Waals surface area contributed by atoms with Crippen molar-refractivity contribution in [1.29, 1.82) is 0 Å². The van der Waals surface area contributed by atoms with Crippen molar-refractivity contribution >= 4 is 29.4 Å². The molecule has 0 aliphatic heterocycles. The third-order valence-electron chi connectivity index (χ3n) is 3.46. The Bertz CT molecular complexity index is 666. The zero-order valence-electron chi connectivity index (χ0n) is 12.1. The van der Waals surface area contributed by atoms with Gasteiger partial charge in [0.1, 0.15) is 0 Å². The highest BCUT2D eigenvalue weighted by Crippen LogP contribution is 2.24. The molecule has 0 spiro atoms. The molecule has 4 heteroatoms. The van der Waals surface area contributed by atoms with E-state index in [1.54, 1.807) is 11.3 Å². The van der Waals surface area contributed by atoms with E-state index in [2.05, 4.69) is 65.3 Å². The number of hydrogen-bond donors (Lipinski definition) is 2. The van der Waals surface area contributed by atoms with Crippen molar-refractivity contribution in [2.24, 2.45) is 5.73 Å². The number of halogens is 1. The van der Waals surface area contributed by atoms with Gasteiger partial charge in [-0.1, -0.05) is 48.5 Å². The van der Waals surface area contributed by atoms with E-state index in [9.17, 15) is 0 Å².